The molecule has 0 saturated heterocycles. The minimum Gasteiger partial charge on any atom is -0.302 e. The summed E-state index contributed by atoms with van der Waals surface area (Å²) in [6.45, 7) is 2.33. The Hall–Kier alpha value is -2.31. The van der Waals surface area contributed by atoms with Crippen LogP contribution in [0.15, 0.2) is 48.2 Å². The molecule has 7 heteroatoms. The molecule has 4 nitrogen and oxygen atoms in total. The van der Waals surface area contributed by atoms with E-state index in [2.05, 4.69) is 9.97 Å². The van der Waals surface area contributed by atoms with Gasteiger partial charge >= 0.3 is 0 Å². The molecule has 0 saturated carbocycles. The van der Waals surface area contributed by atoms with Gasteiger partial charge in [-0.25, -0.2) is 9.37 Å². The molecule has 24 heavy (non-hydrogen) atoms. The second-order valence-electron chi connectivity index (χ2n) is 5.11. The van der Waals surface area contributed by atoms with Crippen LogP contribution in [-0.4, -0.2) is 15.9 Å². The summed E-state index contributed by atoms with van der Waals surface area (Å²) in [4.78, 5) is 23.4. The molecule has 0 aliphatic rings. The third-order valence-electron chi connectivity index (χ3n) is 3.51. The summed E-state index contributed by atoms with van der Waals surface area (Å²) in [6.07, 6.45) is 4.36. The van der Waals surface area contributed by atoms with Crippen molar-refractivity contribution in [2.75, 3.05) is 4.90 Å². The van der Waals surface area contributed by atoms with E-state index in [0.29, 0.717) is 12.2 Å². The third-order valence-corrected chi connectivity index (χ3v) is 4.81. The molecule has 0 aliphatic heterocycles. The molecule has 3 rings (SSSR count). The first kappa shape index (κ1) is 16.5. The van der Waals surface area contributed by atoms with Crippen molar-refractivity contribution in [2.24, 2.45) is 0 Å². The molecule has 0 atom stereocenters. The zero-order valence-corrected chi connectivity index (χ0v) is 14.3. The molecule has 2 aromatic heterocycles. The Morgan fingerprint density at radius 3 is 2.79 bits per heavy atom. The average molecular weight is 362 g/mol. The first-order valence-corrected chi connectivity index (χ1v) is 8.38. The van der Waals surface area contributed by atoms with Crippen LogP contribution in [0, 0.1) is 12.7 Å². The van der Waals surface area contributed by atoms with E-state index in [4.69, 9.17) is 11.6 Å². The number of carbonyl (C=O) groups excluding carboxylic acids is 1. The second kappa shape index (κ2) is 7.07. The van der Waals surface area contributed by atoms with Gasteiger partial charge in [-0.2, -0.15) is 0 Å². The highest BCUT2D eigenvalue weighted by Gasteiger charge is 2.21. The molecule has 0 fully saturated rings. The molecule has 1 aromatic carbocycles. The maximum atomic E-state index is 13.5. The summed E-state index contributed by atoms with van der Waals surface area (Å²) in [6, 6.07) is 6.20. The molecule has 0 radical (unpaired) electrons. The number of benzene rings is 1. The van der Waals surface area contributed by atoms with Crippen LogP contribution in [0.2, 0.25) is 5.02 Å². The number of anilines is 1. The van der Waals surface area contributed by atoms with Crippen LogP contribution in [0.25, 0.3) is 0 Å². The van der Waals surface area contributed by atoms with E-state index in [9.17, 15) is 9.18 Å². The van der Waals surface area contributed by atoms with Gasteiger partial charge in [0.15, 0.2) is 0 Å². The van der Waals surface area contributed by atoms with Gasteiger partial charge in [0, 0.05) is 23.0 Å². The highest BCUT2D eigenvalue weighted by molar-refractivity contribution is 7.10. The van der Waals surface area contributed by atoms with Gasteiger partial charge in [-0.1, -0.05) is 11.6 Å². The number of aryl methyl sites for hydroxylation is 1. The lowest BCUT2D eigenvalue weighted by Gasteiger charge is -2.22. The van der Waals surface area contributed by atoms with E-state index in [1.807, 2.05) is 18.4 Å². The Bertz CT molecular complexity index is 869. The molecule has 3 aromatic rings. The molecule has 0 N–H and O–H groups in total. The van der Waals surface area contributed by atoms with E-state index in [-0.39, 0.29) is 16.6 Å². The number of rotatable bonds is 4. The summed E-state index contributed by atoms with van der Waals surface area (Å²) >= 11 is 7.44. The van der Waals surface area contributed by atoms with Gasteiger partial charge in [0.1, 0.15) is 11.5 Å². The Morgan fingerprint density at radius 2 is 2.17 bits per heavy atom. The van der Waals surface area contributed by atoms with Gasteiger partial charge in [0.2, 0.25) is 0 Å². The predicted octanol–water partition coefficient (Wildman–Crippen LogP) is 4.49. The van der Waals surface area contributed by atoms with Gasteiger partial charge in [-0.3, -0.25) is 9.78 Å². The van der Waals surface area contributed by atoms with Crippen LogP contribution >= 0.6 is 22.9 Å². The lowest BCUT2D eigenvalue weighted by atomic mass is 10.2. The van der Waals surface area contributed by atoms with Crippen molar-refractivity contribution < 1.29 is 9.18 Å². The van der Waals surface area contributed by atoms with Gasteiger partial charge in [-0.05, 0) is 42.1 Å². The standard InChI is InChI=1S/C17H13ClFN3OS/c1-11-4-7-24-16(11)10-22(12-2-3-14(19)13(18)8-12)17(23)15-9-20-5-6-21-15/h2-9H,10H2,1H3. The van der Waals surface area contributed by atoms with Crippen molar-refractivity contribution in [1.82, 2.24) is 9.97 Å². The topological polar surface area (TPSA) is 46.1 Å². The predicted molar refractivity (Wildman–Crippen MR) is 93.0 cm³/mol. The summed E-state index contributed by atoms with van der Waals surface area (Å²) in [5, 5.41) is 1.93. The number of halogens is 2. The number of nitrogens with zero attached hydrogens (tertiary/aromatic N) is 3. The van der Waals surface area contributed by atoms with Crippen molar-refractivity contribution in [3.05, 3.63) is 75.2 Å². The van der Waals surface area contributed by atoms with E-state index in [1.165, 1.54) is 41.7 Å². The number of aromatic nitrogens is 2. The van der Waals surface area contributed by atoms with Crippen molar-refractivity contribution in [3.8, 4) is 0 Å². The molecule has 0 unspecified atom stereocenters. The zero-order valence-electron chi connectivity index (χ0n) is 12.7. The number of amides is 1. The van der Waals surface area contributed by atoms with Gasteiger partial charge in [0.25, 0.3) is 5.91 Å². The molecule has 2 heterocycles. The van der Waals surface area contributed by atoms with Crippen molar-refractivity contribution in [1.29, 1.82) is 0 Å². The van der Waals surface area contributed by atoms with E-state index < -0.39 is 5.82 Å². The first-order chi connectivity index (χ1) is 11.6. The van der Waals surface area contributed by atoms with E-state index in [1.54, 1.807) is 11.3 Å². The van der Waals surface area contributed by atoms with Crippen molar-refractivity contribution in [2.45, 2.75) is 13.5 Å². The van der Waals surface area contributed by atoms with Crippen LogP contribution < -0.4 is 4.90 Å². The average Bonchev–Trinajstić information content (AvgIpc) is 3.00. The maximum Gasteiger partial charge on any atom is 0.278 e. The molecule has 0 bridgehead atoms. The fraction of sp³-hybridized carbons (Fsp3) is 0.118. The monoisotopic (exact) mass is 361 g/mol. The maximum absolute atomic E-state index is 13.5. The Labute approximate surface area is 147 Å². The minimum atomic E-state index is -0.528. The van der Waals surface area contributed by atoms with Crippen LogP contribution in [0.3, 0.4) is 0 Å². The normalized spacial score (nSPS) is 10.6. The van der Waals surface area contributed by atoms with Crippen LogP contribution in [0.4, 0.5) is 10.1 Å². The summed E-state index contributed by atoms with van der Waals surface area (Å²) in [5.41, 5.74) is 1.81. The number of carbonyl (C=O) groups is 1. The van der Waals surface area contributed by atoms with Crippen molar-refractivity contribution >= 4 is 34.5 Å². The summed E-state index contributed by atoms with van der Waals surface area (Å²) in [7, 11) is 0. The zero-order chi connectivity index (χ0) is 17.1. The quantitative estimate of drug-likeness (QED) is 0.688. The summed E-state index contributed by atoms with van der Waals surface area (Å²) in [5.74, 6) is -0.849. The molecule has 0 aliphatic carbocycles. The molecule has 0 spiro atoms. The SMILES string of the molecule is Cc1ccsc1CN(C(=O)c1cnccn1)c1ccc(F)c(Cl)c1. The highest BCUT2D eigenvalue weighted by Crippen LogP contribution is 2.27. The Morgan fingerprint density at radius 1 is 1.33 bits per heavy atom. The number of thiophene rings is 1. The second-order valence-corrected chi connectivity index (χ2v) is 6.52. The van der Waals surface area contributed by atoms with Gasteiger partial charge in [-0.15, -0.1) is 11.3 Å². The lowest BCUT2D eigenvalue weighted by molar-refractivity contribution is 0.0980. The summed E-state index contributed by atoms with van der Waals surface area (Å²) < 4.78 is 13.5. The highest BCUT2D eigenvalue weighted by atomic mass is 35.5. The van der Waals surface area contributed by atoms with Crippen molar-refractivity contribution in [3.63, 3.8) is 0 Å². The molecular weight excluding hydrogens is 349 g/mol. The Balaban J connectivity index is 2.01. The fourth-order valence-electron chi connectivity index (χ4n) is 2.19. The number of hydrogen-bond donors (Lipinski definition) is 0. The first-order valence-electron chi connectivity index (χ1n) is 7.12. The van der Waals surface area contributed by atoms with E-state index in [0.717, 1.165) is 10.4 Å². The fourth-order valence-corrected chi connectivity index (χ4v) is 3.26. The molecular formula is C17H13ClFN3OS. The largest absolute Gasteiger partial charge is 0.302 e. The third kappa shape index (κ3) is 3.44. The number of hydrogen-bond acceptors (Lipinski definition) is 4. The Kier molecular flexibility index (Phi) is 4.87. The molecule has 1 amide bonds. The van der Waals surface area contributed by atoms with Crippen LogP contribution in [-0.2, 0) is 6.54 Å². The smallest absolute Gasteiger partial charge is 0.278 e. The van der Waals surface area contributed by atoms with E-state index >= 15 is 0 Å². The lowest BCUT2D eigenvalue weighted by Crippen LogP contribution is -2.31. The van der Waals surface area contributed by atoms with Crippen LogP contribution in [0.5, 0.6) is 0 Å². The van der Waals surface area contributed by atoms with Crippen LogP contribution in [0.1, 0.15) is 20.9 Å². The van der Waals surface area contributed by atoms with Gasteiger partial charge in [0.05, 0.1) is 17.8 Å². The van der Waals surface area contributed by atoms with Gasteiger partial charge < -0.3 is 4.90 Å². The minimum absolute atomic E-state index is 0.0349. The molecule has 122 valence electrons.